The van der Waals surface area contributed by atoms with Gasteiger partial charge in [0.1, 0.15) is 6.04 Å². The van der Waals surface area contributed by atoms with Crippen molar-refractivity contribution in [2.45, 2.75) is 18.0 Å². The van der Waals surface area contributed by atoms with E-state index in [9.17, 15) is 26.4 Å². The summed E-state index contributed by atoms with van der Waals surface area (Å²) < 4.78 is 64.6. The molecule has 0 bridgehead atoms. The van der Waals surface area contributed by atoms with Crippen LogP contribution < -0.4 is 4.72 Å². The van der Waals surface area contributed by atoms with Crippen LogP contribution in [0.15, 0.2) is 30.3 Å². The van der Waals surface area contributed by atoms with Crippen LogP contribution in [0.4, 0.5) is 13.2 Å². The summed E-state index contributed by atoms with van der Waals surface area (Å²) in [6, 6.07) is 6.37. The molecule has 1 atom stereocenters. The normalized spacial score (nSPS) is 13.8. The van der Waals surface area contributed by atoms with E-state index < -0.39 is 27.5 Å². The minimum Gasteiger partial charge on any atom is -0.468 e. The van der Waals surface area contributed by atoms with Crippen molar-refractivity contribution in [3.8, 4) is 0 Å². The van der Waals surface area contributed by atoms with Crippen LogP contribution in [0.2, 0.25) is 0 Å². The number of carbonyl (C=O) groups excluding carboxylic acids is 1. The Hall–Kier alpha value is -1.61. The van der Waals surface area contributed by atoms with E-state index in [0.717, 1.165) is 7.11 Å². The first-order valence-corrected chi connectivity index (χ1v) is 6.86. The summed E-state index contributed by atoms with van der Waals surface area (Å²) in [7, 11) is -4.66. The lowest BCUT2D eigenvalue weighted by Crippen LogP contribution is -2.47. The van der Waals surface area contributed by atoms with Gasteiger partial charge in [-0.3, -0.25) is 4.79 Å². The Balaban J connectivity index is 2.95. The zero-order valence-electron chi connectivity index (χ0n) is 10.3. The molecule has 0 aliphatic carbocycles. The minimum atomic E-state index is -5.62. The second-order valence-electron chi connectivity index (χ2n) is 3.83. The highest BCUT2D eigenvalue weighted by atomic mass is 32.2. The molecule has 0 amide bonds. The summed E-state index contributed by atoms with van der Waals surface area (Å²) >= 11 is 0. The van der Waals surface area contributed by atoms with Gasteiger partial charge >= 0.3 is 21.5 Å². The number of hydrogen-bond acceptors (Lipinski definition) is 4. The lowest BCUT2D eigenvalue weighted by molar-refractivity contribution is -0.142. The van der Waals surface area contributed by atoms with Crippen molar-refractivity contribution >= 4 is 16.0 Å². The Kier molecular flexibility index (Phi) is 5.12. The molecule has 1 N–H and O–H groups in total. The molecule has 0 fully saturated rings. The van der Waals surface area contributed by atoms with Crippen molar-refractivity contribution < 1.29 is 31.1 Å². The second kappa shape index (κ2) is 6.23. The number of esters is 1. The van der Waals surface area contributed by atoms with Gasteiger partial charge in [-0.15, -0.1) is 0 Å². The van der Waals surface area contributed by atoms with Crippen LogP contribution in [0.25, 0.3) is 0 Å². The summed E-state index contributed by atoms with van der Waals surface area (Å²) in [4.78, 5) is 11.4. The average molecular weight is 311 g/mol. The Bertz CT molecular complexity index is 557. The third-order valence-electron chi connectivity index (χ3n) is 2.37. The molecule has 0 aromatic heterocycles. The first-order chi connectivity index (χ1) is 9.17. The fourth-order valence-corrected chi connectivity index (χ4v) is 2.11. The van der Waals surface area contributed by atoms with Crippen LogP contribution >= 0.6 is 0 Å². The Morgan fingerprint density at radius 2 is 1.85 bits per heavy atom. The van der Waals surface area contributed by atoms with Crippen LogP contribution in [-0.2, 0) is 26.0 Å². The van der Waals surface area contributed by atoms with Gasteiger partial charge in [-0.05, 0) is 12.0 Å². The number of carbonyl (C=O) groups is 1. The molecule has 1 aromatic carbocycles. The molecule has 0 spiro atoms. The van der Waals surface area contributed by atoms with Gasteiger partial charge in [-0.2, -0.15) is 17.9 Å². The smallest absolute Gasteiger partial charge is 0.468 e. The third-order valence-corrected chi connectivity index (χ3v) is 3.57. The SMILES string of the molecule is COC(=O)[C@H](Cc1ccccc1)NS(=O)(=O)C(F)(F)F. The van der Waals surface area contributed by atoms with Crippen molar-refractivity contribution in [2.24, 2.45) is 0 Å². The van der Waals surface area contributed by atoms with Crippen molar-refractivity contribution in [3.63, 3.8) is 0 Å². The predicted molar refractivity (Wildman–Crippen MR) is 64.1 cm³/mol. The molecule has 1 rings (SSSR count). The molecule has 112 valence electrons. The van der Waals surface area contributed by atoms with Crippen molar-refractivity contribution in [3.05, 3.63) is 35.9 Å². The number of rotatable bonds is 5. The highest BCUT2D eigenvalue weighted by Crippen LogP contribution is 2.22. The van der Waals surface area contributed by atoms with E-state index in [2.05, 4.69) is 4.74 Å². The van der Waals surface area contributed by atoms with Crippen molar-refractivity contribution in [1.29, 1.82) is 0 Å². The number of ether oxygens (including phenoxy) is 1. The molecule has 0 saturated carbocycles. The molecule has 0 aliphatic rings. The van der Waals surface area contributed by atoms with E-state index in [1.807, 2.05) is 0 Å². The molecule has 0 unspecified atom stereocenters. The molecular formula is C11H12F3NO4S. The van der Waals surface area contributed by atoms with Crippen LogP contribution in [0.5, 0.6) is 0 Å². The van der Waals surface area contributed by atoms with Gasteiger partial charge in [-0.1, -0.05) is 30.3 Å². The number of benzene rings is 1. The number of sulfonamides is 1. The van der Waals surface area contributed by atoms with Crippen LogP contribution in [-0.4, -0.2) is 33.0 Å². The molecule has 9 heteroatoms. The molecular weight excluding hydrogens is 299 g/mol. The summed E-state index contributed by atoms with van der Waals surface area (Å²) in [6.07, 6.45) is -0.247. The maximum atomic E-state index is 12.3. The molecule has 5 nitrogen and oxygen atoms in total. The number of methoxy groups -OCH3 is 1. The number of alkyl halides is 3. The Morgan fingerprint density at radius 1 is 1.30 bits per heavy atom. The first-order valence-electron chi connectivity index (χ1n) is 5.37. The van der Waals surface area contributed by atoms with E-state index in [0.29, 0.717) is 5.56 Å². The van der Waals surface area contributed by atoms with Crippen molar-refractivity contribution in [1.82, 2.24) is 4.72 Å². The van der Waals surface area contributed by atoms with E-state index >= 15 is 0 Å². The van der Waals surface area contributed by atoms with Gasteiger partial charge in [-0.25, -0.2) is 8.42 Å². The Labute approximate surface area is 113 Å². The van der Waals surface area contributed by atoms with Crippen LogP contribution in [0.1, 0.15) is 5.56 Å². The topological polar surface area (TPSA) is 72.5 Å². The van der Waals surface area contributed by atoms with Crippen molar-refractivity contribution in [2.75, 3.05) is 7.11 Å². The third kappa shape index (κ3) is 4.20. The first kappa shape index (κ1) is 16.4. The predicted octanol–water partition coefficient (Wildman–Crippen LogP) is 1.21. The average Bonchev–Trinajstić information content (AvgIpc) is 2.36. The standard InChI is InChI=1S/C11H12F3NO4S/c1-19-10(16)9(7-8-5-3-2-4-6-8)15-20(17,18)11(12,13)14/h2-6,9,15H,7H2,1H3/t9-/m0/s1. The van der Waals surface area contributed by atoms with E-state index in [-0.39, 0.29) is 6.42 Å². The summed E-state index contributed by atoms with van der Waals surface area (Å²) in [5.74, 6) is -1.10. The second-order valence-corrected chi connectivity index (χ2v) is 5.54. The van der Waals surface area contributed by atoms with Crippen LogP contribution in [0.3, 0.4) is 0 Å². The number of hydrogen-bond donors (Lipinski definition) is 1. The zero-order valence-corrected chi connectivity index (χ0v) is 11.2. The maximum Gasteiger partial charge on any atom is 0.511 e. The van der Waals surface area contributed by atoms with Crippen LogP contribution in [0, 0.1) is 0 Å². The van der Waals surface area contributed by atoms with Gasteiger partial charge in [0, 0.05) is 0 Å². The van der Waals surface area contributed by atoms with Gasteiger partial charge in [0.2, 0.25) is 0 Å². The highest BCUT2D eigenvalue weighted by molar-refractivity contribution is 7.90. The number of nitrogens with one attached hydrogen (secondary N) is 1. The summed E-state index contributed by atoms with van der Waals surface area (Å²) in [5.41, 5.74) is -5.00. The van der Waals surface area contributed by atoms with Gasteiger partial charge in [0.25, 0.3) is 0 Å². The monoisotopic (exact) mass is 311 g/mol. The van der Waals surface area contributed by atoms with E-state index in [4.69, 9.17) is 0 Å². The fourth-order valence-electron chi connectivity index (χ4n) is 1.42. The molecule has 0 aliphatic heterocycles. The Morgan fingerprint density at radius 3 is 2.30 bits per heavy atom. The number of halogens is 3. The molecule has 0 heterocycles. The fraction of sp³-hybridized carbons (Fsp3) is 0.364. The largest absolute Gasteiger partial charge is 0.511 e. The van der Waals surface area contributed by atoms with Gasteiger partial charge in [0.05, 0.1) is 7.11 Å². The highest BCUT2D eigenvalue weighted by Gasteiger charge is 2.47. The lowest BCUT2D eigenvalue weighted by Gasteiger charge is -2.17. The van der Waals surface area contributed by atoms with E-state index in [1.165, 1.54) is 4.72 Å². The maximum absolute atomic E-state index is 12.3. The molecule has 0 radical (unpaired) electrons. The lowest BCUT2D eigenvalue weighted by atomic mass is 10.1. The summed E-state index contributed by atoms with van der Waals surface area (Å²) in [5, 5.41) is 0. The molecule has 0 saturated heterocycles. The zero-order chi connectivity index (χ0) is 15.4. The van der Waals surface area contributed by atoms with Gasteiger partial charge < -0.3 is 4.74 Å². The van der Waals surface area contributed by atoms with Gasteiger partial charge in [0.15, 0.2) is 0 Å². The van der Waals surface area contributed by atoms with E-state index in [1.54, 1.807) is 30.3 Å². The minimum absolute atomic E-state index is 0.247. The quantitative estimate of drug-likeness (QED) is 0.830. The molecule has 20 heavy (non-hydrogen) atoms. The summed E-state index contributed by atoms with van der Waals surface area (Å²) in [6.45, 7) is 0. The molecule has 1 aromatic rings.